The van der Waals surface area contributed by atoms with Crippen LogP contribution in [-0.4, -0.2) is 61.9 Å². The minimum atomic E-state index is -0.799. The molecule has 5 heteroatoms. The second-order valence-corrected chi connectivity index (χ2v) is 4.32. The van der Waals surface area contributed by atoms with Crippen LogP contribution in [0, 0.1) is 0 Å². The van der Waals surface area contributed by atoms with Crippen molar-refractivity contribution in [1.29, 1.82) is 0 Å². The number of carboxylic acids is 1. The van der Waals surface area contributed by atoms with Crippen molar-refractivity contribution < 1.29 is 14.6 Å². The Labute approximate surface area is 97.8 Å². The average Bonchev–Trinajstić information content (AvgIpc) is 2.16. The number of rotatable bonds is 9. The number of carboxylic acid groups (broad SMARTS) is 1. The zero-order valence-electron chi connectivity index (χ0n) is 10.7. The molecule has 0 fully saturated rings. The van der Waals surface area contributed by atoms with E-state index >= 15 is 0 Å². The molecule has 1 atom stereocenters. The molecule has 0 aromatic heterocycles. The van der Waals surface area contributed by atoms with Gasteiger partial charge in [0.1, 0.15) is 6.04 Å². The molecule has 0 aliphatic carbocycles. The summed E-state index contributed by atoms with van der Waals surface area (Å²) in [4.78, 5) is 13.0. The maximum absolute atomic E-state index is 11.0. The van der Waals surface area contributed by atoms with Crippen molar-refractivity contribution >= 4 is 5.97 Å². The molecule has 0 radical (unpaired) electrons. The molecular formula is C11H24N2O3. The van der Waals surface area contributed by atoms with Crippen molar-refractivity contribution in [3.05, 3.63) is 0 Å². The summed E-state index contributed by atoms with van der Waals surface area (Å²) in [5.41, 5.74) is 0. The summed E-state index contributed by atoms with van der Waals surface area (Å²) in [6, 6.07) is -0.332. The van der Waals surface area contributed by atoms with Crippen LogP contribution in [0.15, 0.2) is 0 Å². The summed E-state index contributed by atoms with van der Waals surface area (Å²) in [5, 5.41) is 12.1. The van der Waals surface area contributed by atoms with Gasteiger partial charge in [-0.3, -0.25) is 4.79 Å². The summed E-state index contributed by atoms with van der Waals surface area (Å²) in [6.07, 6.45) is 0.918. The first-order valence-electron chi connectivity index (χ1n) is 5.63. The highest BCUT2D eigenvalue weighted by Crippen LogP contribution is 1.95. The third-order valence-corrected chi connectivity index (χ3v) is 2.22. The Kier molecular flexibility index (Phi) is 8.15. The molecule has 0 saturated carbocycles. The van der Waals surface area contributed by atoms with Gasteiger partial charge in [-0.15, -0.1) is 0 Å². The van der Waals surface area contributed by atoms with Crippen molar-refractivity contribution in [1.82, 2.24) is 10.2 Å². The van der Waals surface area contributed by atoms with Gasteiger partial charge in [0.05, 0.1) is 0 Å². The van der Waals surface area contributed by atoms with Crippen molar-refractivity contribution in [2.24, 2.45) is 0 Å². The maximum Gasteiger partial charge on any atom is 0.322 e. The molecule has 0 aromatic rings. The highest BCUT2D eigenvalue weighted by Gasteiger charge is 2.19. The van der Waals surface area contributed by atoms with Crippen LogP contribution in [0.25, 0.3) is 0 Å². The lowest BCUT2D eigenvalue weighted by Crippen LogP contribution is -2.48. The van der Waals surface area contributed by atoms with E-state index in [1.807, 2.05) is 25.8 Å². The standard InChI is InChI=1S/C11H24N2O3/c1-9(2)12-10(11(14)15)8-13(3)6-5-7-16-4/h9-10,12H,5-8H2,1-4H3,(H,14,15). The van der Waals surface area contributed by atoms with Crippen molar-refractivity contribution in [2.75, 3.05) is 33.9 Å². The van der Waals surface area contributed by atoms with E-state index in [0.29, 0.717) is 13.2 Å². The van der Waals surface area contributed by atoms with E-state index in [1.54, 1.807) is 7.11 Å². The van der Waals surface area contributed by atoms with E-state index in [2.05, 4.69) is 5.32 Å². The number of hydrogen-bond acceptors (Lipinski definition) is 4. The maximum atomic E-state index is 11.0. The van der Waals surface area contributed by atoms with Gasteiger partial charge in [-0.25, -0.2) is 0 Å². The van der Waals surface area contributed by atoms with Gasteiger partial charge >= 0.3 is 5.97 Å². The third kappa shape index (κ3) is 7.62. The van der Waals surface area contributed by atoms with Crippen LogP contribution >= 0.6 is 0 Å². The molecule has 96 valence electrons. The highest BCUT2D eigenvalue weighted by molar-refractivity contribution is 5.73. The van der Waals surface area contributed by atoms with Crippen LogP contribution in [0.3, 0.4) is 0 Å². The first kappa shape index (κ1) is 15.3. The van der Waals surface area contributed by atoms with Crippen LogP contribution in [0.4, 0.5) is 0 Å². The zero-order chi connectivity index (χ0) is 12.6. The van der Waals surface area contributed by atoms with Gasteiger partial charge in [-0.1, -0.05) is 13.8 Å². The van der Waals surface area contributed by atoms with E-state index < -0.39 is 12.0 Å². The van der Waals surface area contributed by atoms with E-state index in [0.717, 1.165) is 13.0 Å². The Balaban J connectivity index is 3.93. The Morgan fingerprint density at radius 2 is 2.12 bits per heavy atom. The molecule has 0 aliphatic heterocycles. The molecule has 0 aliphatic rings. The number of carbonyl (C=O) groups is 1. The number of methoxy groups -OCH3 is 1. The molecule has 2 N–H and O–H groups in total. The van der Waals surface area contributed by atoms with Crippen LogP contribution < -0.4 is 5.32 Å². The topological polar surface area (TPSA) is 61.8 Å². The molecular weight excluding hydrogens is 208 g/mol. The molecule has 0 rings (SSSR count). The van der Waals surface area contributed by atoms with Gasteiger partial charge in [-0.05, 0) is 13.5 Å². The number of ether oxygens (including phenoxy) is 1. The van der Waals surface area contributed by atoms with Gasteiger partial charge < -0.3 is 20.1 Å². The fraction of sp³-hybridized carbons (Fsp3) is 0.909. The molecule has 0 saturated heterocycles. The second-order valence-electron chi connectivity index (χ2n) is 4.32. The quantitative estimate of drug-likeness (QED) is 0.564. The summed E-state index contributed by atoms with van der Waals surface area (Å²) < 4.78 is 4.95. The van der Waals surface area contributed by atoms with E-state index in [9.17, 15) is 4.79 Å². The molecule has 0 heterocycles. The van der Waals surface area contributed by atoms with Crippen LogP contribution in [0.2, 0.25) is 0 Å². The Bertz CT molecular complexity index is 198. The smallest absolute Gasteiger partial charge is 0.322 e. The van der Waals surface area contributed by atoms with Gasteiger partial charge in [-0.2, -0.15) is 0 Å². The molecule has 0 amide bonds. The lowest BCUT2D eigenvalue weighted by molar-refractivity contribution is -0.140. The normalized spacial score (nSPS) is 13.4. The molecule has 16 heavy (non-hydrogen) atoms. The van der Waals surface area contributed by atoms with Crippen molar-refractivity contribution in [2.45, 2.75) is 32.4 Å². The van der Waals surface area contributed by atoms with Crippen LogP contribution in [-0.2, 0) is 9.53 Å². The van der Waals surface area contributed by atoms with Gasteiger partial charge in [0.2, 0.25) is 0 Å². The summed E-state index contributed by atoms with van der Waals surface area (Å²) >= 11 is 0. The molecule has 1 unspecified atom stereocenters. The van der Waals surface area contributed by atoms with Gasteiger partial charge in [0.25, 0.3) is 0 Å². The third-order valence-electron chi connectivity index (χ3n) is 2.22. The van der Waals surface area contributed by atoms with Crippen LogP contribution in [0.5, 0.6) is 0 Å². The lowest BCUT2D eigenvalue weighted by Gasteiger charge is -2.23. The SMILES string of the molecule is COCCCN(C)CC(NC(C)C)C(=O)O. The lowest BCUT2D eigenvalue weighted by atomic mass is 10.2. The molecule has 5 nitrogen and oxygen atoms in total. The van der Waals surface area contributed by atoms with Crippen LogP contribution in [0.1, 0.15) is 20.3 Å². The molecule has 0 spiro atoms. The summed E-state index contributed by atoms with van der Waals surface area (Å²) in [7, 11) is 3.59. The minimum Gasteiger partial charge on any atom is -0.480 e. The highest BCUT2D eigenvalue weighted by atomic mass is 16.5. The van der Waals surface area contributed by atoms with Crippen molar-refractivity contribution in [3.63, 3.8) is 0 Å². The Hall–Kier alpha value is -0.650. The summed E-state index contributed by atoms with van der Waals surface area (Å²) in [6.45, 7) is 5.95. The van der Waals surface area contributed by atoms with E-state index in [1.165, 1.54) is 0 Å². The number of hydrogen-bond donors (Lipinski definition) is 2. The van der Waals surface area contributed by atoms with E-state index in [-0.39, 0.29) is 6.04 Å². The Morgan fingerprint density at radius 1 is 1.50 bits per heavy atom. The largest absolute Gasteiger partial charge is 0.480 e. The molecule has 0 aromatic carbocycles. The number of aliphatic carboxylic acids is 1. The first-order valence-corrected chi connectivity index (χ1v) is 5.63. The van der Waals surface area contributed by atoms with Crippen molar-refractivity contribution in [3.8, 4) is 0 Å². The Morgan fingerprint density at radius 3 is 2.56 bits per heavy atom. The number of likely N-dealkylation sites (N-methyl/N-ethyl adjacent to an activating group) is 1. The first-order chi connectivity index (χ1) is 7.47. The predicted molar refractivity (Wildman–Crippen MR) is 63.7 cm³/mol. The minimum absolute atomic E-state index is 0.175. The van der Waals surface area contributed by atoms with Gasteiger partial charge in [0.15, 0.2) is 0 Å². The predicted octanol–water partition coefficient (Wildman–Crippen LogP) is 0.406. The number of nitrogens with one attached hydrogen (secondary N) is 1. The summed E-state index contributed by atoms with van der Waals surface area (Å²) in [5.74, 6) is -0.799. The fourth-order valence-corrected chi connectivity index (χ4v) is 1.49. The monoisotopic (exact) mass is 232 g/mol. The average molecular weight is 232 g/mol. The second kappa shape index (κ2) is 8.50. The van der Waals surface area contributed by atoms with E-state index in [4.69, 9.17) is 9.84 Å². The zero-order valence-corrected chi connectivity index (χ0v) is 10.7. The number of nitrogens with zero attached hydrogens (tertiary/aromatic N) is 1. The van der Waals surface area contributed by atoms with Gasteiger partial charge in [0, 0.05) is 32.8 Å². The molecule has 0 bridgehead atoms. The fourth-order valence-electron chi connectivity index (χ4n) is 1.49.